The predicted molar refractivity (Wildman–Crippen MR) is 94.3 cm³/mol. The van der Waals surface area contributed by atoms with E-state index in [2.05, 4.69) is 20.3 Å². The highest BCUT2D eigenvalue weighted by atomic mass is 19.4. The van der Waals surface area contributed by atoms with Gasteiger partial charge in [-0.2, -0.15) is 28.1 Å². The molecule has 0 saturated heterocycles. The molecule has 3 aromatic rings. The molecule has 1 heterocycles. The van der Waals surface area contributed by atoms with Crippen LogP contribution in [0.25, 0.3) is 11.4 Å². The molecule has 0 unspecified atom stereocenters. The minimum Gasteiger partial charge on any atom is -0.347 e. The molecule has 1 N–H and O–H groups in total. The molecule has 0 aliphatic carbocycles. The van der Waals surface area contributed by atoms with E-state index in [4.69, 9.17) is 0 Å². The molecule has 0 aliphatic rings. The molecule has 0 spiro atoms. The molecule has 0 amide bonds. The number of rotatable bonds is 4. The third kappa shape index (κ3) is 4.08. The Kier molecular flexibility index (Phi) is 4.75. The highest BCUT2D eigenvalue weighted by molar-refractivity contribution is 5.61. The summed E-state index contributed by atoms with van der Waals surface area (Å²) in [5, 5.41) is 2.93. The first-order valence-corrected chi connectivity index (χ1v) is 7.76. The average molecular weight is 359 g/mol. The van der Waals surface area contributed by atoms with E-state index in [1.807, 2.05) is 30.3 Å². The van der Waals surface area contributed by atoms with Crippen LogP contribution in [-0.4, -0.2) is 29.0 Å². The van der Waals surface area contributed by atoms with Crippen molar-refractivity contribution in [2.75, 3.05) is 24.3 Å². The SMILES string of the molecule is CN(C)c1nc(Nc2ccc(C(F)(F)F)cc2)nc(-c2ccccc2)n1. The second-order valence-corrected chi connectivity index (χ2v) is 5.74. The van der Waals surface area contributed by atoms with Crippen molar-refractivity contribution in [3.05, 3.63) is 60.2 Å². The van der Waals surface area contributed by atoms with Crippen LogP contribution in [0.5, 0.6) is 0 Å². The molecular weight excluding hydrogens is 343 g/mol. The van der Waals surface area contributed by atoms with E-state index in [0.717, 1.165) is 17.7 Å². The fourth-order valence-electron chi connectivity index (χ4n) is 2.21. The Hall–Kier alpha value is -3.16. The predicted octanol–water partition coefficient (Wildman–Crippen LogP) is 4.37. The van der Waals surface area contributed by atoms with Gasteiger partial charge in [-0.3, -0.25) is 0 Å². The zero-order valence-electron chi connectivity index (χ0n) is 14.1. The van der Waals surface area contributed by atoms with Gasteiger partial charge in [-0.05, 0) is 24.3 Å². The van der Waals surface area contributed by atoms with Crippen LogP contribution in [0.15, 0.2) is 54.6 Å². The Morgan fingerprint density at radius 3 is 2.08 bits per heavy atom. The van der Waals surface area contributed by atoms with Gasteiger partial charge in [-0.15, -0.1) is 0 Å². The molecular formula is C18H16F3N5. The topological polar surface area (TPSA) is 53.9 Å². The summed E-state index contributed by atoms with van der Waals surface area (Å²) < 4.78 is 38.0. The van der Waals surface area contributed by atoms with Crippen molar-refractivity contribution >= 4 is 17.6 Å². The van der Waals surface area contributed by atoms with Crippen molar-refractivity contribution in [2.24, 2.45) is 0 Å². The van der Waals surface area contributed by atoms with Crippen molar-refractivity contribution in [1.82, 2.24) is 15.0 Å². The molecule has 3 rings (SSSR count). The summed E-state index contributed by atoms with van der Waals surface area (Å²) in [5.74, 6) is 1.16. The fourth-order valence-corrected chi connectivity index (χ4v) is 2.21. The number of benzene rings is 2. The second kappa shape index (κ2) is 6.99. The standard InChI is InChI=1S/C18H16F3N5/c1-26(2)17-24-15(12-6-4-3-5-7-12)23-16(25-17)22-14-10-8-13(9-11-14)18(19,20)21/h3-11H,1-2H3,(H,22,23,24,25). The van der Waals surface area contributed by atoms with Crippen LogP contribution in [-0.2, 0) is 6.18 Å². The summed E-state index contributed by atoms with van der Waals surface area (Å²) in [6.07, 6.45) is -4.37. The normalized spacial score (nSPS) is 11.3. The van der Waals surface area contributed by atoms with E-state index in [0.29, 0.717) is 17.5 Å². The Morgan fingerprint density at radius 2 is 1.50 bits per heavy atom. The number of nitrogens with one attached hydrogen (secondary N) is 1. The molecule has 0 atom stereocenters. The summed E-state index contributed by atoms with van der Waals surface area (Å²) in [4.78, 5) is 14.8. The van der Waals surface area contributed by atoms with Gasteiger partial charge in [-0.1, -0.05) is 30.3 Å². The van der Waals surface area contributed by atoms with E-state index in [9.17, 15) is 13.2 Å². The van der Waals surface area contributed by atoms with E-state index in [-0.39, 0.29) is 5.95 Å². The summed E-state index contributed by atoms with van der Waals surface area (Å²) >= 11 is 0. The highest BCUT2D eigenvalue weighted by Gasteiger charge is 2.29. The van der Waals surface area contributed by atoms with Gasteiger partial charge < -0.3 is 10.2 Å². The third-order valence-electron chi connectivity index (χ3n) is 3.52. The lowest BCUT2D eigenvalue weighted by Crippen LogP contribution is -2.15. The number of hydrogen-bond acceptors (Lipinski definition) is 5. The minimum absolute atomic E-state index is 0.252. The van der Waals surface area contributed by atoms with Gasteiger partial charge in [0.25, 0.3) is 0 Å². The highest BCUT2D eigenvalue weighted by Crippen LogP contribution is 2.30. The monoisotopic (exact) mass is 359 g/mol. The van der Waals surface area contributed by atoms with Gasteiger partial charge >= 0.3 is 6.18 Å². The second-order valence-electron chi connectivity index (χ2n) is 5.74. The van der Waals surface area contributed by atoms with E-state index in [1.54, 1.807) is 19.0 Å². The van der Waals surface area contributed by atoms with Crippen molar-refractivity contribution in [3.8, 4) is 11.4 Å². The molecule has 0 saturated carbocycles. The summed E-state index contributed by atoms with van der Waals surface area (Å²) in [6, 6.07) is 14.1. The van der Waals surface area contributed by atoms with Crippen LogP contribution < -0.4 is 10.2 Å². The first-order chi connectivity index (χ1) is 12.3. The minimum atomic E-state index is -4.37. The first kappa shape index (κ1) is 17.7. The van der Waals surface area contributed by atoms with E-state index < -0.39 is 11.7 Å². The quantitative estimate of drug-likeness (QED) is 0.750. The van der Waals surface area contributed by atoms with Crippen molar-refractivity contribution in [1.29, 1.82) is 0 Å². The number of hydrogen-bond donors (Lipinski definition) is 1. The third-order valence-corrected chi connectivity index (χ3v) is 3.52. The van der Waals surface area contributed by atoms with Gasteiger partial charge in [0.1, 0.15) is 0 Å². The Bertz CT molecular complexity index is 878. The van der Waals surface area contributed by atoms with Gasteiger partial charge in [-0.25, -0.2) is 0 Å². The molecule has 5 nitrogen and oxygen atoms in total. The zero-order chi connectivity index (χ0) is 18.7. The largest absolute Gasteiger partial charge is 0.416 e. The fraction of sp³-hybridized carbons (Fsp3) is 0.167. The summed E-state index contributed by atoms with van der Waals surface area (Å²) in [5.41, 5.74) is 0.555. The molecule has 0 fully saturated rings. The van der Waals surface area contributed by atoms with Crippen LogP contribution in [0.2, 0.25) is 0 Å². The summed E-state index contributed by atoms with van der Waals surface area (Å²) in [6.45, 7) is 0. The number of nitrogens with zero attached hydrogens (tertiary/aromatic N) is 4. The molecule has 0 bridgehead atoms. The smallest absolute Gasteiger partial charge is 0.347 e. The van der Waals surface area contributed by atoms with Crippen LogP contribution in [0.3, 0.4) is 0 Å². The molecule has 0 aliphatic heterocycles. The molecule has 134 valence electrons. The maximum atomic E-state index is 12.7. The van der Waals surface area contributed by atoms with Gasteiger partial charge in [0.15, 0.2) is 5.82 Å². The number of halogens is 3. The van der Waals surface area contributed by atoms with Gasteiger partial charge in [0, 0.05) is 25.3 Å². The number of anilines is 3. The molecule has 8 heteroatoms. The van der Waals surface area contributed by atoms with Crippen LogP contribution in [0.1, 0.15) is 5.56 Å². The van der Waals surface area contributed by atoms with E-state index >= 15 is 0 Å². The maximum absolute atomic E-state index is 12.7. The van der Waals surface area contributed by atoms with Gasteiger partial charge in [0.2, 0.25) is 11.9 Å². The summed E-state index contributed by atoms with van der Waals surface area (Å²) in [7, 11) is 3.60. The molecule has 0 radical (unpaired) electrons. The lowest BCUT2D eigenvalue weighted by molar-refractivity contribution is -0.137. The number of alkyl halides is 3. The first-order valence-electron chi connectivity index (χ1n) is 7.76. The lowest BCUT2D eigenvalue weighted by atomic mass is 10.2. The van der Waals surface area contributed by atoms with Crippen LogP contribution in [0, 0.1) is 0 Å². The van der Waals surface area contributed by atoms with Crippen molar-refractivity contribution in [2.45, 2.75) is 6.18 Å². The maximum Gasteiger partial charge on any atom is 0.416 e. The lowest BCUT2D eigenvalue weighted by Gasteiger charge is -2.14. The van der Waals surface area contributed by atoms with Crippen LogP contribution in [0.4, 0.5) is 30.8 Å². The van der Waals surface area contributed by atoms with Crippen molar-refractivity contribution in [3.63, 3.8) is 0 Å². The van der Waals surface area contributed by atoms with E-state index in [1.165, 1.54) is 12.1 Å². The zero-order valence-corrected chi connectivity index (χ0v) is 14.1. The Labute approximate surface area is 148 Å². The number of aromatic nitrogens is 3. The Balaban J connectivity index is 1.93. The molecule has 26 heavy (non-hydrogen) atoms. The van der Waals surface area contributed by atoms with Gasteiger partial charge in [0.05, 0.1) is 5.56 Å². The Morgan fingerprint density at radius 1 is 0.846 bits per heavy atom. The van der Waals surface area contributed by atoms with Crippen LogP contribution >= 0.6 is 0 Å². The van der Waals surface area contributed by atoms with Crippen molar-refractivity contribution < 1.29 is 13.2 Å². The average Bonchev–Trinajstić information content (AvgIpc) is 2.62. The molecule has 2 aromatic carbocycles. The molecule has 1 aromatic heterocycles.